The van der Waals surface area contributed by atoms with Gasteiger partial charge in [0.1, 0.15) is 0 Å². The van der Waals surface area contributed by atoms with Crippen LogP contribution in [0.25, 0.3) is 0 Å². The molecule has 0 aliphatic carbocycles. The van der Waals surface area contributed by atoms with E-state index < -0.39 is 0 Å². The monoisotopic (exact) mass is 394 g/mol. The largest absolute Gasteiger partial charge is 0.342 e. The van der Waals surface area contributed by atoms with Crippen molar-refractivity contribution in [3.05, 3.63) is 65.2 Å². The summed E-state index contributed by atoms with van der Waals surface area (Å²) in [4.78, 5) is 26.5. The van der Waals surface area contributed by atoms with Crippen LogP contribution in [-0.4, -0.2) is 29.8 Å². The first-order valence-electron chi connectivity index (χ1n) is 10.5. The maximum atomic E-state index is 12.7. The lowest BCUT2D eigenvalue weighted by Crippen LogP contribution is -2.34. The first kappa shape index (κ1) is 22.7. The van der Waals surface area contributed by atoms with Crippen LogP contribution in [0.1, 0.15) is 69.6 Å². The highest BCUT2D eigenvalue weighted by Crippen LogP contribution is 2.32. The maximum Gasteiger partial charge on any atom is 0.226 e. The lowest BCUT2D eigenvalue weighted by atomic mass is 9.92. The minimum absolute atomic E-state index is 0.000758. The topological polar surface area (TPSA) is 49.4 Å². The molecule has 0 fully saturated rings. The van der Waals surface area contributed by atoms with Gasteiger partial charge in [0.05, 0.1) is 0 Å². The number of hydrogen-bond acceptors (Lipinski definition) is 2. The standard InChI is InChI=1S/C25H34N2O2/c1-18(2)22-12-9-13-23(19(3)4)25(22)26-24(29)15-17-27(20(5)28)16-14-21-10-7-6-8-11-21/h6-13,18-19H,14-17H2,1-5H3,(H,26,29). The highest BCUT2D eigenvalue weighted by atomic mass is 16.2. The quantitative estimate of drug-likeness (QED) is 0.623. The molecule has 4 nitrogen and oxygen atoms in total. The molecule has 0 unspecified atom stereocenters. The third kappa shape index (κ3) is 6.74. The lowest BCUT2D eigenvalue weighted by molar-refractivity contribution is -0.129. The molecule has 4 heteroatoms. The number of benzene rings is 2. The average molecular weight is 395 g/mol. The lowest BCUT2D eigenvalue weighted by Gasteiger charge is -2.23. The van der Waals surface area contributed by atoms with Gasteiger partial charge in [0.25, 0.3) is 0 Å². The maximum absolute atomic E-state index is 12.7. The Bertz CT molecular complexity index is 787. The molecule has 0 aliphatic heterocycles. The Balaban J connectivity index is 2.01. The first-order chi connectivity index (χ1) is 13.8. The van der Waals surface area contributed by atoms with Crippen molar-refractivity contribution in [3.63, 3.8) is 0 Å². The molecule has 0 atom stereocenters. The molecule has 156 valence electrons. The molecule has 29 heavy (non-hydrogen) atoms. The minimum Gasteiger partial charge on any atom is -0.342 e. The summed E-state index contributed by atoms with van der Waals surface area (Å²) in [5, 5.41) is 3.13. The molecule has 2 aromatic rings. The van der Waals surface area contributed by atoms with E-state index in [2.05, 4.69) is 63.3 Å². The molecule has 0 aromatic heterocycles. The number of amides is 2. The van der Waals surface area contributed by atoms with Crippen molar-refractivity contribution < 1.29 is 9.59 Å². The second-order valence-corrected chi connectivity index (χ2v) is 8.16. The first-order valence-corrected chi connectivity index (χ1v) is 10.5. The van der Waals surface area contributed by atoms with E-state index in [1.54, 1.807) is 11.8 Å². The number of carbonyl (C=O) groups is 2. The Morgan fingerprint density at radius 1 is 0.862 bits per heavy atom. The van der Waals surface area contributed by atoms with Crippen LogP contribution in [0.5, 0.6) is 0 Å². The fourth-order valence-electron chi connectivity index (χ4n) is 3.47. The predicted molar refractivity (Wildman–Crippen MR) is 120 cm³/mol. The van der Waals surface area contributed by atoms with Gasteiger partial charge in [-0.15, -0.1) is 0 Å². The zero-order valence-electron chi connectivity index (χ0n) is 18.4. The Labute approximate surface area is 175 Å². The second kappa shape index (κ2) is 10.8. The van der Waals surface area contributed by atoms with Crippen molar-refractivity contribution in [2.75, 3.05) is 18.4 Å². The van der Waals surface area contributed by atoms with Gasteiger partial charge in [-0.05, 0) is 34.9 Å². The minimum atomic E-state index is -0.0500. The van der Waals surface area contributed by atoms with E-state index in [1.165, 1.54) is 5.56 Å². The summed E-state index contributed by atoms with van der Waals surface area (Å²) < 4.78 is 0. The van der Waals surface area contributed by atoms with E-state index in [9.17, 15) is 9.59 Å². The zero-order chi connectivity index (χ0) is 21.4. The fourth-order valence-corrected chi connectivity index (χ4v) is 3.47. The summed E-state index contributed by atoms with van der Waals surface area (Å²) in [6.45, 7) is 11.1. The van der Waals surface area contributed by atoms with Gasteiger partial charge in [0, 0.05) is 32.1 Å². The highest BCUT2D eigenvalue weighted by molar-refractivity contribution is 5.93. The normalized spacial score (nSPS) is 11.0. The van der Waals surface area contributed by atoms with Crippen molar-refractivity contribution >= 4 is 17.5 Å². The van der Waals surface area contributed by atoms with Crippen molar-refractivity contribution in [1.82, 2.24) is 4.90 Å². The number of carbonyl (C=O) groups excluding carboxylic acids is 2. The third-order valence-electron chi connectivity index (χ3n) is 5.20. The van der Waals surface area contributed by atoms with Gasteiger partial charge in [0.2, 0.25) is 11.8 Å². The second-order valence-electron chi connectivity index (χ2n) is 8.16. The number of hydrogen-bond donors (Lipinski definition) is 1. The van der Waals surface area contributed by atoms with Gasteiger partial charge >= 0.3 is 0 Å². The molecule has 2 rings (SSSR count). The Morgan fingerprint density at radius 3 is 1.97 bits per heavy atom. The Kier molecular flexibility index (Phi) is 8.44. The van der Waals surface area contributed by atoms with E-state index in [-0.39, 0.29) is 11.8 Å². The molecule has 0 radical (unpaired) electrons. The van der Waals surface area contributed by atoms with Crippen LogP contribution in [0.3, 0.4) is 0 Å². The molecule has 2 aromatic carbocycles. The van der Waals surface area contributed by atoms with Crippen LogP contribution in [0.4, 0.5) is 5.69 Å². The molecule has 0 saturated heterocycles. The molecule has 0 bridgehead atoms. The van der Waals surface area contributed by atoms with E-state index in [0.29, 0.717) is 31.3 Å². The number of para-hydroxylation sites is 1. The van der Waals surface area contributed by atoms with Crippen LogP contribution in [-0.2, 0) is 16.0 Å². The number of anilines is 1. The molecular weight excluding hydrogens is 360 g/mol. The van der Waals surface area contributed by atoms with Crippen LogP contribution in [0.2, 0.25) is 0 Å². The molecule has 0 aliphatic rings. The Morgan fingerprint density at radius 2 is 1.45 bits per heavy atom. The van der Waals surface area contributed by atoms with Crippen molar-refractivity contribution in [2.24, 2.45) is 0 Å². The zero-order valence-corrected chi connectivity index (χ0v) is 18.4. The Hall–Kier alpha value is -2.62. The molecule has 0 heterocycles. The fraction of sp³-hybridized carbons (Fsp3) is 0.440. The van der Waals surface area contributed by atoms with Crippen molar-refractivity contribution in [3.8, 4) is 0 Å². The van der Waals surface area contributed by atoms with Gasteiger partial charge in [-0.2, -0.15) is 0 Å². The van der Waals surface area contributed by atoms with Gasteiger partial charge in [-0.3, -0.25) is 9.59 Å². The highest BCUT2D eigenvalue weighted by Gasteiger charge is 2.17. The average Bonchev–Trinajstić information content (AvgIpc) is 2.68. The summed E-state index contributed by atoms with van der Waals surface area (Å²) in [6.07, 6.45) is 1.08. The summed E-state index contributed by atoms with van der Waals surface area (Å²) >= 11 is 0. The predicted octanol–water partition coefficient (Wildman–Crippen LogP) is 5.35. The van der Waals surface area contributed by atoms with E-state index in [0.717, 1.165) is 23.2 Å². The SMILES string of the molecule is CC(=O)N(CCC(=O)Nc1c(C(C)C)cccc1C(C)C)CCc1ccccc1. The number of nitrogens with one attached hydrogen (secondary N) is 1. The van der Waals surface area contributed by atoms with Crippen LogP contribution in [0.15, 0.2) is 48.5 Å². The third-order valence-corrected chi connectivity index (χ3v) is 5.20. The van der Waals surface area contributed by atoms with E-state index in [1.807, 2.05) is 18.2 Å². The van der Waals surface area contributed by atoms with E-state index in [4.69, 9.17) is 0 Å². The van der Waals surface area contributed by atoms with Crippen LogP contribution >= 0.6 is 0 Å². The van der Waals surface area contributed by atoms with Crippen LogP contribution in [0, 0.1) is 0 Å². The van der Waals surface area contributed by atoms with Gasteiger partial charge in [-0.25, -0.2) is 0 Å². The molecule has 2 amide bonds. The number of rotatable bonds is 9. The van der Waals surface area contributed by atoms with Gasteiger partial charge in [-0.1, -0.05) is 76.2 Å². The molecule has 1 N–H and O–H groups in total. The smallest absolute Gasteiger partial charge is 0.226 e. The van der Waals surface area contributed by atoms with Gasteiger partial charge < -0.3 is 10.2 Å². The molecule has 0 spiro atoms. The summed E-state index contributed by atoms with van der Waals surface area (Å²) in [7, 11) is 0. The molecular formula is C25H34N2O2. The van der Waals surface area contributed by atoms with Crippen molar-refractivity contribution in [2.45, 2.75) is 59.3 Å². The molecule has 0 saturated carbocycles. The van der Waals surface area contributed by atoms with E-state index >= 15 is 0 Å². The summed E-state index contributed by atoms with van der Waals surface area (Å²) in [6, 6.07) is 16.3. The summed E-state index contributed by atoms with van der Waals surface area (Å²) in [5.74, 6) is 0.595. The van der Waals surface area contributed by atoms with Gasteiger partial charge in [0.15, 0.2) is 0 Å². The summed E-state index contributed by atoms with van der Waals surface area (Å²) in [5.41, 5.74) is 4.42. The van der Waals surface area contributed by atoms with Crippen molar-refractivity contribution in [1.29, 1.82) is 0 Å². The number of nitrogens with zero attached hydrogens (tertiary/aromatic N) is 1. The van der Waals surface area contributed by atoms with Crippen LogP contribution < -0.4 is 5.32 Å².